The van der Waals surface area contributed by atoms with E-state index in [2.05, 4.69) is 16.8 Å². The molecule has 88 valence electrons. The molecule has 2 rings (SSSR count). The number of hydrogen-bond acceptors (Lipinski definition) is 3. The van der Waals surface area contributed by atoms with E-state index < -0.39 is 0 Å². The monoisotopic (exact) mass is 220 g/mol. The quantitative estimate of drug-likeness (QED) is 0.844. The van der Waals surface area contributed by atoms with E-state index in [0.717, 1.165) is 31.1 Å². The second-order valence-corrected chi connectivity index (χ2v) is 4.80. The van der Waals surface area contributed by atoms with Gasteiger partial charge < -0.3 is 10.0 Å². The predicted molar refractivity (Wildman–Crippen MR) is 64.0 cm³/mol. The molecule has 2 atom stereocenters. The average Bonchev–Trinajstić information content (AvgIpc) is 2.30. The van der Waals surface area contributed by atoms with Gasteiger partial charge in [-0.3, -0.25) is 4.98 Å². The number of β-amino-alcohol motifs (C(OH)–C–C–N with tert-alkyl or cyclic N) is 1. The Bertz CT molecular complexity index is 315. The largest absolute Gasteiger partial charge is 0.387 e. The molecule has 1 aromatic heterocycles. The highest BCUT2D eigenvalue weighted by Crippen LogP contribution is 2.19. The van der Waals surface area contributed by atoms with Crippen LogP contribution in [0.1, 0.15) is 31.4 Å². The van der Waals surface area contributed by atoms with Crippen LogP contribution in [0.15, 0.2) is 24.5 Å². The molecular weight excluding hydrogens is 200 g/mol. The van der Waals surface area contributed by atoms with Crippen LogP contribution in [0.5, 0.6) is 0 Å². The zero-order valence-electron chi connectivity index (χ0n) is 9.84. The zero-order chi connectivity index (χ0) is 11.4. The summed E-state index contributed by atoms with van der Waals surface area (Å²) >= 11 is 0. The second-order valence-electron chi connectivity index (χ2n) is 4.80. The molecule has 1 N–H and O–H groups in total. The maximum atomic E-state index is 10.1. The van der Waals surface area contributed by atoms with Crippen molar-refractivity contribution in [2.75, 3.05) is 19.6 Å². The molecule has 1 aliphatic heterocycles. The number of aliphatic hydroxyl groups is 1. The van der Waals surface area contributed by atoms with E-state index in [1.807, 2.05) is 12.1 Å². The van der Waals surface area contributed by atoms with Crippen molar-refractivity contribution in [3.05, 3.63) is 30.1 Å². The van der Waals surface area contributed by atoms with Gasteiger partial charge in [0.05, 0.1) is 6.10 Å². The van der Waals surface area contributed by atoms with E-state index in [-0.39, 0.29) is 6.10 Å². The fourth-order valence-corrected chi connectivity index (χ4v) is 2.39. The fourth-order valence-electron chi connectivity index (χ4n) is 2.39. The summed E-state index contributed by atoms with van der Waals surface area (Å²) in [6.45, 7) is 5.26. The molecule has 0 spiro atoms. The first-order chi connectivity index (χ1) is 7.75. The van der Waals surface area contributed by atoms with E-state index in [0.29, 0.717) is 0 Å². The lowest BCUT2D eigenvalue weighted by molar-refractivity contribution is 0.0875. The minimum absolute atomic E-state index is 0.381. The molecule has 3 nitrogen and oxygen atoms in total. The minimum Gasteiger partial charge on any atom is -0.387 e. The molecule has 1 saturated heterocycles. The van der Waals surface area contributed by atoms with Gasteiger partial charge in [0.2, 0.25) is 0 Å². The van der Waals surface area contributed by atoms with E-state index in [1.54, 1.807) is 12.4 Å². The number of aromatic nitrogens is 1. The van der Waals surface area contributed by atoms with Gasteiger partial charge in [0.25, 0.3) is 0 Å². The molecular formula is C13H20N2O. The maximum absolute atomic E-state index is 10.1. The van der Waals surface area contributed by atoms with Crippen LogP contribution in [-0.2, 0) is 0 Å². The van der Waals surface area contributed by atoms with E-state index >= 15 is 0 Å². The SMILES string of the molecule is CC1CCCN(CC(O)c2ccncc2)C1. The highest BCUT2D eigenvalue weighted by atomic mass is 16.3. The van der Waals surface area contributed by atoms with Crippen LogP contribution in [0, 0.1) is 5.92 Å². The summed E-state index contributed by atoms with van der Waals surface area (Å²) in [5, 5.41) is 10.1. The molecule has 0 aromatic carbocycles. The van der Waals surface area contributed by atoms with Crippen molar-refractivity contribution < 1.29 is 5.11 Å². The van der Waals surface area contributed by atoms with E-state index in [9.17, 15) is 5.11 Å². The summed E-state index contributed by atoms with van der Waals surface area (Å²) in [5.74, 6) is 0.762. The Hall–Kier alpha value is -0.930. The zero-order valence-corrected chi connectivity index (χ0v) is 9.84. The van der Waals surface area contributed by atoms with Gasteiger partial charge >= 0.3 is 0 Å². The number of rotatable bonds is 3. The molecule has 0 radical (unpaired) electrons. The van der Waals surface area contributed by atoms with Crippen molar-refractivity contribution in [2.45, 2.75) is 25.9 Å². The number of hydrogen-bond donors (Lipinski definition) is 1. The summed E-state index contributed by atoms with van der Waals surface area (Å²) in [6.07, 6.45) is 5.66. The smallest absolute Gasteiger partial charge is 0.0918 e. The third-order valence-electron chi connectivity index (χ3n) is 3.26. The highest BCUT2D eigenvalue weighted by molar-refractivity contribution is 5.13. The summed E-state index contributed by atoms with van der Waals surface area (Å²) in [5.41, 5.74) is 0.966. The van der Waals surface area contributed by atoms with Crippen molar-refractivity contribution in [1.29, 1.82) is 0 Å². The maximum Gasteiger partial charge on any atom is 0.0918 e. The van der Waals surface area contributed by atoms with Crippen LogP contribution in [-0.4, -0.2) is 34.6 Å². The molecule has 0 amide bonds. The van der Waals surface area contributed by atoms with E-state index in [1.165, 1.54) is 12.8 Å². The number of aliphatic hydroxyl groups excluding tert-OH is 1. The third kappa shape index (κ3) is 3.03. The van der Waals surface area contributed by atoms with E-state index in [4.69, 9.17) is 0 Å². The fraction of sp³-hybridized carbons (Fsp3) is 0.615. The Morgan fingerprint density at radius 2 is 2.25 bits per heavy atom. The van der Waals surface area contributed by atoms with Gasteiger partial charge in [-0.15, -0.1) is 0 Å². The number of nitrogens with zero attached hydrogens (tertiary/aromatic N) is 2. The first-order valence-electron chi connectivity index (χ1n) is 6.06. The van der Waals surface area contributed by atoms with Crippen LogP contribution in [0.2, 0.25) is 0 Å². The summed E-state index contributed by atoms with van der Waals surface area (Å²) in [4.78, 5) is 6.32. The third-order valence-corrected chi connectivity index (χ3v) is 3.26. The molecule has 0 saturated carbocycles. The van der Waals surface area contributed by atoms with Gasteiger partial charge in [0.1, 0.15) is 0 Å². The van der Waals surface area contributed by atoms with Crippen molar-refractivity contribution in [1.82, 2.24) is 9.88 Å². The molecule has 2 unspecified atom stereocenters. The van der Waals surface area contributed by atoms with Gasteiger partial charge in [0.15, 0.2) is 0 Å². The molecule has 0 bridgehead atoms. The summed E-state index contributed by atoms with van der Waals surface area (Å²) in [7, 11) is 0. The number of likely N-dealkylation sites (tertiary alicyclic amines) is 1. The first kappa shape index (κ1) is 11.6. The van der Waals surface area contributed by atoms with Crippen LogP contribution in [0.3, 0.4) is 0 Å². The Kier molecular flexibility index (Phi) is 3.91. The van der Waals surface area contributed by atoms with Crippen molar-refractivity contribution in [2.24, 2.45) is 5.92 Å². The Morgan fingerprint density at radius 3 is 2.94 bits per heavy atom. The molecule has 1 aliphatic rings. The van der Waals surface area contributed by atoms with Crippen molar-refractivity contribution in [3.63, 3.8) is 0 Å². The first-order valence-corrected chi connectivity index (χ1v) is 6.06. The predicted octanol–water partition coefficient (Wildman–Crippen LogP) is 1.85. The highest BCUT2D eigenvalue weighted by Gasteiger charge is 2.19. The molecule has 1 aromatic rings. The lowest BCUT2D eigenvalue weighted by Gasteiger charge is -2.32. The van der Waals surface area contributed by atoms with Gasteiger partial charge in [0, 0.05) is 25.5 Å². The normalized spacial score (nSPS) is 24.2. The lowest BCUT2D eigenvalue weighted by Crippen LogP contribution is -2.37. The van der Waals surface area contributed by atoms with Crippen molar-refractivity contribution >= 4 is 0 Å². The topological polar surface area (TPSA) is 36.4 Å². The lowest BCUT2D eigenvalue weighted by atomic mass is 9.99. The average molecular weight is 220 g/mol. The Morgan fingerprint density at radius 1 is 1.50 bits per heavy atom. The van der Waals surface area contributed by atoms with Gasteiger partial charge in [-0.25, -0.2) is 0 Å². The van der Waals surface area contributed by atoms with Crippen molar-refractivity contribution in [3.8, 4) is 0 Å². The molecule has 16 heavy (non-hydrogen) atoms. The molecule has 0 aliphatic carbocycles. The molecule has 2 heterocycles. The molecule has 3 heteroatoms. The van der Waals surface area contributed by atoms with Crippen LogP contribution < -0.4 is 0 Å². The standard InChI is InChI=1S/C13H20N2O/c1-11-3-2-8-15(9-11)10-13(16)12-4-6-14-7-5-12/h4-7,11,13,16H,2-3,8-10H2,1H3. The second kappa shape index (κ2) is 5.41. The number of pyridine rings is 1. The van der Waals surface area contributed by atoms with Gasteiger partial charge in [-0.2, -0.15) is 0 Å². The Balaban J connectivity index is 1.89. The van der Waals surface area contributed by atoms with Crippen LogP contribution >= 0.6 is 0 Å². The Labute approximate surface area is 97.1 Å². The summed E-state index contributed by atoms with van der Waals surface area (Å²) in [6, 6.07) is 3.77. The minimum atomic E-state index is -0.381. The van der Waals surface area contributed by atoms with Gasteiger partial charge in [-0.1, -0.05) is 6.92 Å². The summed E-state index contributed by atoms with van der Waals surface area (Å²) < 4.78 is 0. The van der Waals surface area contributed by atoms with Crippen LogP contribution in [0.25, 0.3) is 0 Å². The van der Waals surface area contributed by atoms with Crippen LogP contribution in [0.4, 0.5) is 0 Å². The number of piperidine rings is 1. The molecule has 1 fully saturated rings. The van der Waals surface area contributed by atoms with Gasteiger partial charge in [-0.05, 0) is 43.0 Å².